The van der Waals surface area contributed by atoms with Crippen molar-refractivity contribution in [2.45, 2.75) is 25.5 Å². The summed E-state index contributed by atoms with van der Waals surface area (Å²) in [5, 5.41) is 13.3. The highest BCUT2D eigenvalue weighted by atomic mass is 35.5. The lowest BCUT2D eigenvalue weighted by Gasteiger charge is -2.34. The Hall–Kier alpha value is -0.870. The number of thiophene rings is 1. The summed E-state index contributed by atoms with van der Waals surface area (Å²) in [5.41, 5.74) is 2.40. The summed E-state index contributed by atoms with van der Waals surface area (Å²) in [6.07, 6.45) is 0.618. The quantitative estimate of drug-likeness (QED) is 0.924. The Morgan fingerprint density at radius 2 is 2.10 bits per heavy atom. The molecular weight excluding hydrogens is 290 g/mol. The molecule has 1 aliphatic heterocycles. The molecular formula is C16H18ClNOS. The van der Waals surface area contributed by atoms with Crippen molar-refractivity contribution in [3.05, 3.63) is 56.7 Å². The molecule has 106 valence electrons. The number of fused-ring (bicyclic) bond motifs is 1. The van der Waals surface area contributed by atoms with Crippen molar-refractivity contribution >= 4 is 22.9 Å². The van der Waals surface area contributed by atoms with Crippen LogP contribution >= 0.6 is 22.9 Å². The van der Waals surface area contributed by atoms with Gasteiger partial charge in [-0.1, -0.05) is 23.7 Å². The molecule has 2 atom stereocenters. The Bertz CT molecular complexity index is 580. The highest BCUT2D eigenvalue weighted by Crippen LogP contribution is 2.34. The fourth-order valence-corrected chi connectivity index (χ4v) is 3.98. The van der Waals surface area contributed by atoms with Gasteiger partial charge in [0.05, 0.1) is 6.10 Å². The van der Waals surface area contributed by atoms with Crippen LogP contribution < -0.4 is 0 Å². The Labute approximate surface area is 128 Å². The van der Waals surface area contributed by atoms with Crippen molar-refractivity contribution in [2.75, 3.05) is 13.1 Å². The Morgan fingerprint density at radius 3 is 2.85 bits per heavy atom. The number of β-amino-alcohol motifs (C(OH)–C–C–N with tert-alkyl or cyclic N) is 1. The molecule has 3 rings (SSSR count). The van der Waals surface area contributed by atoms with Crippen molar-refractivity contribution in [2.24, 2.45) is 0 Å². The highest BCUT2D eigenvalue weighted by molar-refractivity contribution is 7.10. The van der Waals surface area contributed by atoms with E-state index in [1.165, 1.54) is 10.4 Å². The molecule has 20 heavy (non-hydrogen) atoms. The van der Waals surface area contributed by atoms with Gasteiger partial charge in [0, 0.05) is 29.0 Å². The molecule has 0 saturated heterocycles. The summed E-state index contributed by atoms with van der Waals surface area (Å²) in [7, 11) is 0. The van der Waals surface area contributed by atoms with Crippen LogP contribution in [0.2, 0.25) is 5.02 Å². The van der Waals surface area contributed by atoms with E-state index in [-0.39, 0.29) is 0 Å². The Balaban J connectivity index is 1.71. The summed E-state index contributed by atoms with van der Waals surface area (Å²) in [5.74, 6) is 0. The first kappa shape index (κ1) is 14.1. The number of aliphatic hydroxyl groups excluding tert-OH is 1. The molecule has 0 bridgehead atoms. The van der Waals surface area contributed by atoms with Crippen molar-refractivity contribution in [1.82, 2.24) is 4.90 Å². The number of hydrogen-bond donors (Lipinski definition) is 1. The summed E-state index contributed by atoms with van der Waals surface area (Å²) < 4.78 is 0. The van der Waals surface area contributed by atoms with Crippen LogP contribution in [0, 0.1) is 0 Å². The minimum atomic E-state index is -0.462. The van der Waals surface area contributed by atoms with E-state index in [9.17, 15) is 5.11 Å². The first-order chi connectivity index (χ1) is 9.65. The van der Waals surface area contributed by atoms with E-state index in [0.29, 0.717) is 17.6 Å². The maximum absolute atomic E-state index is 10.4. The van der Waals surface area contributed by atoms with Crippen molar-refractivity contribution in [3.8, 4) is 0 Å². The molecule has 2 heterocycles. The number of hydrogen-bond acceptors (Lipinski definition) is 3. The van der Waals surface area contributed by atoms with Crippen LogP contribution in [-0.4, -0.2) is 23.1 Å². The van der Waals surface area contributed by atoms with Gasteiger partial charge in [0.2, 0.25) is 0 Å². The van der Waals surface area contributed by atoms with E-state index in [1.807, 2.05) is 35.6 Å². The second-order valence-corrected chi connectivity index (χ2v) is 6.68. The van der Waals surface area contributed by atoms with Gasteiger partial charge in [0.15, 0.2) is 0 Å². The van der Waals surface area contributed by atoms with E-state index in [0.717, 1.165) is 18.5 Å². The number of rotatable bonds is 3. The van der Waals surface area contributed by atoms with Gasteiger partial charge in [0.25, 0.3) is 0 Å². The highest BCUT2D eigenvalue weighted by Gasteiger charge is 2.26. The fourth-order valence-electron chi connectivity index (χ4n) is 2.81. The topological polar surface area (TPSA) is 23.5 Å². The zero-order valence-electron chi connectivity index (χ0n) is 11.4. The van der Waals surface area contributed by atoms with Gasteiger partial charge in [-0.15, -0.1) is 11.3 Å². The van der Waals surface area contributed by atoms with Crippen LogP contribution in [-0.2, 0) is 6.42 Å². The number of benzene rings is 1. The third kappa shape index (κ3) is 2.77. The minimum Gasteiger partial charge on any atom is -0.387 e. The van der Waals surface area contributed by atoms with E-state index in [1.54, 1.807) is 0 Å². The predicted octanol–water partition coefficient (Wildman–Crippen LogP) is 4.05. The van der Waals surface area contributed by atoms with E-state index < -0.39 is 6.10 Å². The second kappa shape index (κ2) is 5.86. The van der Waals surface area contributed by atoms with Crippen molar-refractivity contribution < 1.29 is 5.11 Å². The van der Waals surface area contributed by atoms with Crippen molar-refractivity contribution in [1.29, 1.82) is 0 Å². The average Bonchev–Trinajstić information content (AvgIpc) is 2.92. The molecule has 1 aromatic heterocycles. The zero-order chi connectivity index (χ0) is 14.1. The van der Waals surface area contributed by atoms with Crippen LogP contribution in [0.15, 0.2) is 35.7 Å². The van der Waals surface area contributed by atoms with Gasteiger partial charge < -0.3 is 5.11 Å². The Kier molecular flexibility index (Phi) is 4.13. The van der Waals surface area contributed by atoms with Crippen LogP contribution in [0.25, 0.3) is 0 Å². The maximum Gasteiger partial charge on any atom is 0.0917 e. The van der Waals surface area contributed by atoms with Gasteiger partial charge >= 0.3 is 0 Å². The summed E-state index contributed by atoms with van der Waals surface area (Å²) in [6.45, 7) is 3.90. The molecule has 1 aliphatic rings. The van der Waals surface area contributed by atoms with Crippen LogP contribution in [0.1, 0.15) is 35.1 Å². The fraction of sp³-hybridized carbons (Fsp3) is 0.375. The third-order valence-corrected chi connectivity index (χ3v) is 5.42. The van der Waals surface area contributed by atoms with Crippen LogP contribution in [0.3, 0.4) is 0 Å². The first-order valence-electron chi connectivity index (χ1n) is 6.89. The number of aliphatic hydroxyl groups is 1. The number of halogens is 1. The first-order valence-corrected chi connectivity index (χ1v) is 8.15. The SMILES string of the molecule is CC1c2sccc2CCN1CC(O)c1ccc(Cl)cc1. The largest absolute Gasteiger partial charge is 0.387 e. The van der Waals surface area contributed by atoms with E-state index in [2.05, 4.69) is 23.3 Å². The molecule has 1 aromatic carbocycles. The van der Waals surface area contributed by atoms with Crippen LogP contribution in [0.5, 0.6) is 0 Å². The summed E-state index contributed by atoms with van der Waals surface area (Å²) in [4.78, 5) is 3.80. The van der Waals surface area contributed by atoms with Gasteiger partial charge in [-0.3, -0.25) is 4.90 Å². The third-order valence-electron chi connectivity index (χ3n) is 4.04. The molecule has 2 unspecified atom stereocenters. The molecule has 0 radical (unpaired) electrons. The Morgan fingerprint density at radius 1 is 1.35 bits per heavy atom. The second-order valence-electron chi connectivity index (χ2n) is 5.30. The normalized spacial score (nSPS) is 20.6. The molecule has 2 aromatic rings. The van der Waals surface area contributed by atoms with Gasteiger partial charge in [-0.05, 0) is 48.1 Å². The minimum absolute atomic E-state index is 0.390. The molecule has 0 amide bonds. The van der Waals surface area contributed by atoms with E-state index in [4.69, 9.17) is 11.6 Å². The number of nitrogens with zero attached hydrogens (tertiary/aromatic N) is 1. The predicted molar refractivity (Wildman–Crippen MR) is 84.4 cm³/mol. The molecule has 4 heteroatoms. The molecule has 0 aliphatic carbocycles. The molecule has 1 N–H and O–H groups in total. The maximum atomic E-state index is 10.4. The smallest absolute Gasteiger partial charge is 0.0917 e. The summed E-state index contributed by atoms with van der Waals surface area (Å²) >= 11 is 7.71. The lowest BCUT2D eigenvalue weighted by Crippen LogP contribution is -2.36. The van der Waals surface area contributed by atoms with E-state index >= 15 is 0 Å². The zero-order valence-corrected chi connectivity index (χ0v) is 13.0. The van der Waals surface area contributed by atoms with Gasteiger partial charge in [0.1, 0.15) is 0 Å². The molecule has 0 fully saturated rings. The van der Waals surface area contributed by atoms with Crippen LogP contribution in [0.4, 0.5) is 0 Å². The van der Waals surface area contributed by atoms with Crippen molar-refractivity contribution in [3.63, 3.8) is 0 Å². The monoisotopic (exact) mass is 307 g/mol. The molecule has 0 saturated carbocycles. The van der Waals surface area contributed by atoms with Gasteiger partial charge in [-0.25, -0.2) is 0 Å². The lowest BCUT2D eigenvalue weighted by molar-refractivity contribution is 0.0878. The standard InChI is InChI=1S/C16H18ClNOS/c1-11-16-13(7-9-20-16)6-8-18(11)10-15(19)12-2-4-14(17)5-3-12/h2-5,7,9,11,15,19H,6,8,10H2,1H3. The van der Waals surface area contributed by atoms with Gasteiger partial charge in [-0.2, -0.15) is 0 Å². The summed E-state index contributed by atoms with van der Waals surface area (Å²) in [6, 6.07) is 10.1. The lowest BCUT2D eigenvalue weighted by atomic mass is 10.0. The molecule has 0 spiro atoms. The molecule has 2 nitrogen and oxygen atoms in total. The average molecular weight is 308 g/mol.